The van der Waals surface area contributed by atoms with Crippen LogP contribution in [-0.2, 0) is 6.42 Å². The minimum Gasteiger partial charge on any atom is -0.282 e. The molecule has 0 amide bonds. The van der Waals surface area contributed by atoms with E-state index in [4.69, 9.17) is 5.53 Å². The van der Waals surface area contributed by atoms with E-state index in [1.165, 1.54) is 0 Å². The quantitative estimate of drug-likeness (QED) is 0.414. The molecule has 1 N–H and O–H groups in total. The molecule has 0 radical (unpaired) electrons. The van der Waals surface area contributed by atoms with Crippen LogP contribution in [0.25, 0.3) is 10.4 Å². The monoisotopic (exact) mass is 165 g/mol. The van der Waals surface area contributed by atoms with Crippen LogP contribution in [0.2, 0.25) is 0 Å². The van der Waals surface area contributed by atoms with Crippen LogP contribution in [0, 0.1) is 13.8 Å². The number of H-pyrrole nitrogens is 1. The molecule has 1 aromatic rings. The van der Waals surface area contributed by atoms with Gasteiger partial charge in [0.05, 0.1) is 5.69 Å². The molecule has 0 bridgehead atoms. The van der Waals surface area contributed by atoms with Crippen molar-refractivity contribution in [3.8, 4) is 0 Å². The molecule has 0 unspecified atom stereocenters. The van der Waals surface area contributed by atoms with Gasteiger partial charge in [-0.3, -0.25) is 5.10 Å². The molecule has 5 nitrogen and oxygen atoms in total. The van der Waals surface area contributed by atoms with Gasteiger partial charge in [0, 0.05) is 17.2 Å². The Bertz CT molecular complexity index is 288. The Balaban J connectivity index is 2.67. The SMILES string of the molecule is Cc1n[nH]c(C)c1CCN=[N+]=[N-]. The summed E-state index contributed by atoms with van der Waals surface area (Å²) in [5, 5.41) is 10.4. The molecular formula is C7H11N5. The Kier molecular flexibility index (Phi) is 2.71. The van der Waals surface area contributed by atoms with Crippen LogP contribution in [0.4, 0.5) is 0 Å². The summed E-state index contributed by atoms with van der Waals surface area (Å²) in [4.78, 5) is 2.69. The van der Waals surface area contributed by atoms with Gasteiger partial charge in [-0.1, -0.05) is 5.11 Å². The van der Waals surface area contributed by atoms with E-state index in [0.29, 0.717) is 6.54 Å². The number of rotatable bonds is 3. The van der Waals surface area contributed by atoms with Crippen LogP contribution >= 0.6 is 0 Å². The summed E-state index contributed by atoms with van der Waals surface area (Å²) in [5.41, 5.74) is 11.3. The van der Waals surface area contributed by atoms with E-state index >= 15 is 0 Å². The lowest BCUT2D eigenvalue weighted by molar-refractivity contribution is 0.938. The van der Waals surface area contributed by atoms with Crippen molar-refractivity contribution in [1.82, 2.24) is 10.2 Å². The van der Waals surface area contributed by atoms with Crippen molar-refractivity contribution in [3.63, 3.8) is 0 Å². The third-order valence-corrected chi connectivity index (χ3v) is 1.81. The van der Waals surface area contributed by atoms with Crippen LogP contribution < -0.4 is 0 Å². The molecule has 0 aliphatic heterocycles. The number of aryl methyl sites for hydroxylation is 2. The molecule has 0 saturated carbocycles. The molecule has 0 fully saturated rings. The first-order chi connectivity index (χ1) is 5.75. The summed E-state index contributed by atoms with van der Waals surface area (Å²) in [5.74, 6) is 0. The number of nitrogens with zero attached hydrogens (tertiary/aromatic N) is 4. The van der Waals surface area contributed by atoms with Crippen molar-refractivity contribution in [2.75, 3.05) is 6.54 Å². The van der Waals surface area contributed by atoms with E-state index in [1.807, 2.05) is 13.8 Å². The van der Waals surface area contributed by atoms with E-state index < -0.39 is 0 Å². The van der Waals surface area contributed by atoms with Crippen molar-refractivity contribution >= 4 is 0 Å². The molecule has 64 valence electrons. The molecular weight excluding hydrogens is 154 g/mol. The van der Waals surface area contributed by atoms with Gasteiger partial charge in [-0.15, -0.1) is 0 Å². The van der Waals surface area contributed by atoms with E-state index in [9.17, 15) is 0 Å². The van der Waals surface area contributed by atoms with Gasteiger partial charge in [0.15, 0.2) is 0 Å². The summed E-state index contributed by atoms with van der Waals surface area (Å²) >= 11 is 0. The van der Waals surface area contributed by atoms with Gasteiger partial charge in [-0.25, -0.2) is 0 Å². The predicted molar refractivity (Wildman–Crippen MR) is 45.8 cm³/mol. The lowest BCUT2D eigenvalue weighted by atomic mass is 10.1. The first-order valence-corrected chi connectivity index (χ1v) is 3.77. The van der Waals surface area contributed by atoms with Crippen molar-refractivity contribution < 1.29 is 0 Å². The summed E-state index contributed by atoms with van der Waals surface area (Å²) in [6, 6.07) is 0. The minimum atomic E-state index is 0.498. The van der Waals surface area contributed by atoms with Gasteiger partial charge in [0.2, 0.25) is 0 Å². The zero-order valence-electron chi connectivity index (χ0n) is 7.20. The maximum absolute atomic E-state index is 8.07. The van der Waals surface area contributed by atoms with Crippen LogP contribution in [0.3, 0.4) is 0 Å². The molecule has 1 aromatic heterocycles. The molecule has 1 heterocycles. The van der Waals surface area contributed by atoms with Crippen LogP contribution in [0.5, 0.6) is 0 Å². The highest BCUT2D eigenvalue weighted by Gasteiger charge is 2.03. The standard InChI is InChI=1S/C7H11N5/c1-5-7(3-4-9-12-8)6(2)11-10-5/h3-4H2,1-2H3,(H,10,11). The van der Waals surface area contributed by atoms with Gasteiger partial charge in [0.25, 0.3) is 0 Å². The molecule has 0 atom stereocenters. The second-order valence-electron chi connectivity index (χ2n) is 2.62. The highest BCUT2D eigenvalue weighted by atomic mass is 15.1. The summed E-state index contributed by atoms with van der Waals surface area (Å²) < 4.78 is 0. The smallest absolute Gasteiger partial charge is 0.0625 e. The zero-order chi connectivity index (χ0) is 8.97. The highest BCUT2D eigenvalue weighted by molar-refractivity contribution is 5.23. The van der Waals surface area contributed by atoms with E-state index in [-0.39, 0.29) is 0 Å². The number of nitrogens with one attached hydrogen (secondary N) is 1. The maximum atomic E-state index is 8.07. The third-order valence-electron chi connectivity index (χ3n) is 1.81. The van der Waals surface area contributed by atoms with Crippen LogP contribution in [-0.4, -0.2) is 16.7 Å². The normalized spacial score (nSPS) is 9.50. The van der Waals surface area contributed by atoms with Crippen LogP contribution in [0.15, 0.2) is 5.11 Å². The lowest BCUT2D eigenvalue weighted by Gasteiger charge is -1.95. The fraction of sp³-hybridized carbons (Fsp3) is 0.571. The topological polar surface area (TPSA) is 77.4 Å². The minimum absolute atomic E-state index is 0.498. The summed E-state index contributed by atoms with van der Waals surface area (Å²) in [7, 11) is 0. The lowest BCUT2D eigenvalue weighted by Crippen LogP contribution is -1.91. The second kappa shape index (κ2) is 3.78. The molecule has 0 aliphatic rings. The molecule has 12 heavy (non-hydrogen) atoms. The Morgan fingerprint density at radius 3 is 2.83 bits per heavy atom. The average molecular weight is 165 g/mol. The molecule has 0 spiro atoms. The van der Waals surface area contributed by atoms with Crippen molar-refractivity contribution in [3.05, 3.63) is 27.4 Å². The Morgan fingerprint density at radius 1 is 1.58 bits per heavy atom. The van der Waals surface area contributed by atoms with E-state index in [2.05, 4.69) is 20.2 Å². The van der Waals surface area contributed by atoms with Crippen molar-refractivity contribution in [2.24, 2.45) is 5.11 Å². The molecule has 0 saturated heterocycles. The molecule has 0 aromatic carbocycles. The molecule has 5 heteroatoms. The average Bonchev–Trinajstić information content (AvgIpc) is 2.35. The van der Waals surface area contributed by atoms with E-state index in [1.54, 1.807) is 0 Å². The molecule has 0 aliphatic carbocycles. The van der Waals surface area contributed by atoms with Gasteiger partial charge in [-0.05, 0) is 31.4 Å². The fourth-order valence-electron chi connectivity index (χ4n) is 1.15. The Morgan fingerprint density at radius 2 is 2.33 bits per heavy atom. The fourth-order valence-corrected chi connectivity index (χ4v) is 1.15. The maximum Gasteiger partial charge on any atom is 0.0625 e. The number of hydrogen-bond acceptors (Lipinski definition) is 2. The van der Waals surface area contributed by atoms with Gasteiger partial charge in [0.1, 0.15) is 0 Å². The largest absolute Gasteiger partial charge is 0.282 e. The van der Waals surface area contributed by atoms with E-state index in [0.717, 1.165) is 23.4 Å². The summed E-state index contributed by atoms with van der Waals surface area (Å²) in [6.45, 7) is 4.40. The Labute approximate surface area is 70.4 Å². The third kappa shape index (κ3) is 1.77. The summed E-state index contributed by atoms with van der Waals surface area (Å²) in [6.07, 6.45) is 0.762. The Hall–Kier alpha value is -1.48. The number of hydrogen-bond donors (Lipinski definition) is 1. The number of azide groups is 1. The number of aromatic nitrogens is 2. The number of aromatic amines is 1. The van der Waals surface area contributed by atoms with Crippen molar-refractivity contribution in [1.29, 1.82) is 0 Å². The zero-order valence-corrected chi connectivity index (χ0v) is 7.20. The van der Waals surface area contributed by atoms with Gasteiger partial charge < -0.3 is 0 Å². The van der Waals surface area contributed by atoms with Gasteiger partial charge >= 0.3 is 0 Å². The second-order valence-corrected chi connectivity index (χ2v) is 2.62. The first-order valence-electron chi connectivity index (χ1n) is 3.77. The van der Waals surface area contributed by atoms with Crippen LogP contribution in [0.1, 0.15) is 17.0 Å². The highest BCUT2D eigenvalue weighted by Crippen LogP contribution is 2.09. The first kappa shape index (κ1) is 8.62. The predicted octanol–water partition coefficient (Wildman–Crippen LogP) is 1.88. The molecule has 1 rings (SSSR count). The van der Waals surface area contributed by atoms with Crippen molar-refractivity contribution in [2.45, 2.75) is 20.3 Å². The van der Waals surface area contributed by atoms with Gasteiger partial charge in [-0.2, -0.15) is 5.10 Å².